The first-order valence-electron chi connectivity index (χ1n) is 8.11. The van der Waals surface area contributed by atoms with Crippen molar-refractivity contribution in [1.29, 1.82) is 0 Å². The van der Waals surface area contributed by atoms with Crippen molar-refractivity contribution in [3.05, 3.63) is 70.8 Å². The van der Waals surface area contributed by atoms with Gasteiger partial charge < -0.3 is 5.32 Å². The second-order valence-corrected chi connectivity index (χ2v) is 5.69. The van der Waals surface area contributed by atoms with E-state index in [9.17, 15) is 0 Å². The number of nitrogens with one attached hydrogen (secondary N) is 1. The molecule has 0 saturated heterocycles. The lowest BCUT2D eigenvalue weighted by Gasteiger charge is -2.18. The van der Waals surface area contributed by atoms with E-state index < -0.39 is 0 Å². The Balaban J connectivity index is 1.91. The van der Waals surface area contributed by atoms with Crippen molar-refractivity contribution in [3.8, 4) is 0 Å². The number of aryl methyl sites for hydroxylation is 2. The zero-order chi connectivity index (χ0) is 15.1. The molecule has 0 bridgehead atoms. The van der Waals surface area contributed by atoms with Crippen LogP contribution in [0, 0.1) is 6.92 Å². The van der Waals surface area contributed by atoms with E-state index >= 15 is 0 Å². The molecule has 1 N–H and O–H groups in total. The Hall–Kier alpha value is -1.60. The lowest BCUT2D eigenvalue weighted by atomic mass is 10.0. The minimum atomic E-state index is 0.458. The predicted octanol–water partition coefficient (Wildman–Crippen LogP) is 4.84. The Kier molecular flexibility index (Phi) is 6.01. The molecule has 0 radical (unpaired) electrons. The predicted molar refractivity (Wildman–Crippen MR) is 91.7 cm³/mol. The van der Waals surface area contributed by atoms with Gasteiger partial charge in [0.25, 0.3) is 0 Å². The Morgan fingerprint density at radius 1 is 0.952 bits per heavy atom. The molecule has 0 aliphatic rings. The highest BCUT2D eigenvalue weighted by Gasteiger charge is 2.08. The van der Waals surface area contributed by atoms with Crippen LogP contribution in [-0.2, 0) is 12.8 Å². The molecular formula is C20H27N. The largest absolute Gasteiger partial charge is 0.310 e. The first kappa shape index (κ1) is 15.8. The number of rotatable bonds is 7. The molecule has 1 unspecified atom stereocenters. The van der Waals surface area contributed by atoms with E-state index in [0.717, 1.165) is 25.8 Å². The van der Waals surface area contributed by atoms with Crippen LogP contribution in [-0.4, -0.2) is 6.54 Å². The van der Waals surface area contributed by atoms with E-state index in [0.29, 0.717) is 6.04 Å². The van der Waals surface area contributed by atoms with Crippen molar-refractivity contribution in [3.63, 3.8) is 0 Å². The maximum atomic E-state index is 3.70. The molecule has 2 aromatic carbocycles. The summed E-state index contributed by atoms with van der Waals surface area (Å²) >= 11 is 0. The van der Waals surface area contributed by atoms with Gasteiger partial charge in [-0.15, -0.1) is 0 Å². The third-order valence-electron chi connectivity index (χ3n) is 4.24. The van der Waals surface area contributed by atoms with Crippen molar-refractivity contribution >= 4 is 0 Å². The molecular weight excluding hydrogens is 254 g/mol. The molecule has 0 fully saturated rings. The molecule has 1 atom stereocenters. The van der Waals surface area contributed by atoms with Gasteiger partial charge in [-0.2, -0.15) is 0 Å². The molecule has 21 heavy (non-hydrogen) atoms. The van der Waals surface area contributed by atoms with Gasteiger partial charge in [0, 0.05) is 6.04 Å². The molecule has 2 rings (SSSR count). The van der Waals surface area contributed by atoms with E-state index in [4.69, 9.17) is 0 Å². The summed E-state index contributed by atoms with van der Waals surface area (Å²) in [7, 11) is 0. The molecule has 112 valence electrons. The van der Waals surface area contributed by atoms with E-state index in [2.05, 4.69) is 74.6 Å². The van der Waals surface area contributed by atoms with Gasteiger partial charge in [-0.3, -0.25) is 0 Å². The Bertz CT molecular complexity index is 542. The van der Waals surface area contributed by atoms with Gasteiger partial charge in [-0.25, -0.2) is 0 Å². The molecule has 0 amide bonds. The first-order valence-corrected chi connectivity index (χ1v) is 8.11. The van der Waals surface area contributed by atoms with Gasteiger partial charge >= 0.3 is 0 Å². The van der Waals surface area contributed by atoms with Gasteiger partial charge in [0.05, 0.1) is 0 Å². The minimum absolute atomic E-state index is 0.458. The zero-order valence-corrected chi connectivity index (χ0v) is 13.5. The fourth-order valence-corrected chi connectivity index (χ4v) is 2.76. The molecule has 0 aliphatic carbocycles. The minimum Gasteiger partial charge on any atom is -0.310 e. The summed E-state index contributed by atoms with van der Waals surface area (Å²) in [4.78, 5) is 0. The standard InChI is InChI=1S/C20H27N/c1-4-17-10-12-19(13-11-17)20(5-2)21-15-14-18-9-7-6-8-16(18)3/h6-13,20-21H,4-5,14-15H2,1-3H3. The molecule has 0 spiro atoms. The molecule has 0 saturated carbocycles. The molecule has 0 heterocycles. The van der Waals surface area contributed by atoms with Gasteiger partial charge in [0.2, 0.25) is 0 Å². The number of hydrogen-bond acceptors (Lipinski definition) is 1. The highest BCUT2D eigenvalue weighted by Crippen LogP contribution is 2.18. The zero-order valence-electron chi connectivity index (χ0n) is 13.5. The van der Waals surface area contributed by atoms with E-state index in [1.807, 2.05) is 0 Å². The van der Waals surface area contributed by atoms with Gasteiger partial charge in [-0.05, 0) is 55.0 Å². The number of benzene rings is 2. The second-order valence-electron chi connectivity index (χ2n) is 5.69. The topological polar surface area (TPSA) is 12.0 Å². The third kappa shape index (κ3) is 4.44. The summed E-state index contributed by atoms with van der Waals surface area (Å²) in [5.74, 6) is 0. The molecule has 1 heteroatoms. The Morgan fingerprint density at radius 3 is 2.29 bits per heavy atom. The lowest BCUT2D eigenvalue weighted by molar-refractivity contribution is 0.522. The van der Waals surface area contributed by atoms with Gasteiger partial charge in [0.15, 0.2) is 0 Å². The van der Waals surface area contributed by atoms with Crippen LogP contribution in [0.25, 0.3) is 0 Å². The van der Waals surface area contributed by atoms with Gasteiger partial charge in [-0.1, -0.05) is 62.4 Å². The average Bonchev–Trinajstić information content (AvgIpc) is 2.53. The molecule has 0 aliphatic heterocycles. The molecule has 0 aromatic heterocycles. The van der Waals surface area contributed by atoms with Crippen LogP contribution in [0.2, 0.25) is 0 Å². The fraction of sp³-hybridized carbons (Fsp3) is 0.400. The summed E-state index contributed by atoms with van der Waals surface area (Å²) in [6.07, 6.45) is 3.33. The van der Waals surface area contributed by atoms with Crippen LogP contribution >= 0.6 is 0 Å². The summed E-state index contributed by atoms with van der Waals surface area (Å²) in [5.41, 5.74) is 5.65. The van der Waals surface area contributed by atoms with Crippen molar-refractivity contribution in [2.75, 3.05) is 6.54 Å². The van der Waals surface area contributed by atoms with E-state index in [1.54, 1.807) is 0 Å². The summed E-state index contributed by atoms with van der Waals surface area (Å²) in [5, 5.41) is 3.70. The van der Waals surface area contributed by atoms with Crippen LogP contribution in [0.1, 0.15) is 48.6 Å². The first-order chi connectivity index (χ1) is 10.2. The van der Waals surface area contributed by atoms with Gasteiger partial charge in [0.1, 0.15) is 0 Å². The average molecular weight is 281 g/mol. The third-order valence-corrected chi connectivity index (χ3v) is 4.24. The normalized spacial score (nSPS) is 12.3. The second kappa shape index (κ2) is 7.99. The van der Waals surface area contributed by atoms with Crippen molar-refractivity contribution < 1.29 is 0 Å². The number of hydrogen-bond donors (Lipinski definition) is 1. The quantitative estimate of drug-likeness (QED) is 0.765. The smallest absolute Gasteiger partial charge is 0.0317 e. The molecule has 1 nitrogen and oxygen atoms in total. The highest BCUT2D eigenvalue weighted by molar-refractivity contribution is 5.27. The summed E-state index contributed by atoms with van der Waals surface area (Å²) < 4.78 is 0. The van der Waals surface area contributed by atoms with Crippen molar-refractivity contribution in [2.45, 2.75) is 46.1 Å². The van der Waals surface area contributed by atoms with Crippen LogP contribution in [0.15, 0.2) is 48.5 Å². The SMILES string of the molecule is CCc1ccc(C(CC)NCCc2ccccc2C)cc1. The van der Waals surface area contributed by atoms with E-state index in [1.165, 1.54) is 22.3 Å². The Labute approximate surface area is 129 Å². The highest BCUT2D eigenvalue weighted by atomic mass is 14.9. The molecule has 2 aromatic rings. The van der Waals surface area contributed by atoms with Crippen LogP contribution < -0.4 is 5.32 Å². The maximum Gasteiger partial charge on any atom is 0.0317 e. The maximum absolute atomic E-state index is 3.70. The van der Waals surface area contributed by atoms with Crippen LogP contribution in [0.4, 0.5) is 0 Å². The lowest BCUT2D eigenvalue weighted by Crippen LogP contribution is -2.23. The van der Waals surface area contributed by atoms with Crippen LogP contribution in [0.5, 0.6) is 0 Å². The summed E-state index contributed by atoms with van der Waals surface area (Å²) in [6.45, 7) is 7.67. The fourth-order valence-electron chi connectivity index (χ4n) is 2.76. The van der Waals surface area contributed by atoms with Crippen molar-refractivity contribution in [1.82, 2.24) is 5.32 Å². The van der Waals surface area contributed by atoms with Crippen LogP contribution in [0.3, 0.4) is 0 Å². The Morgan fingerprint density at radius 2 is 1.67 bits per heavy atom. The summed E-state index contributed by atoms with van der Waals surface area (Å²) in [6, 6.07) is 18.2. The monoisotopic (exact) mass is 281 g/mol. The van der Waals surface area contributed by atoms with E-state index in [-0.39, 0.29) is 0 Å². The van der Waals surface area contributed by atoms with Crippen molar-refractivity contribution in [2.24, 2.45) is 0 Å².